The quantitative estimate of drug-likeness (QED) is 0.612. The summed E-state index contributed by atoms with van der Waals surface area (Å²) in [5, 5.41) is 22.0. The van der Waals surface area contributed by atoms with Gasteiger partial charge >= 0.3 is 0 Å². The van der Waals surface area contributed by atoms with Crippen LogP contribution in [0.15, 0.2) is 47.6 Å². The number of unbranched alkanes of at least 4 members (excludes halogenated alkanes) is 2. The monoisotopic (exact) mass is 344 g/mol. The van der Waals surface area contributed by atoms with Crippen molar-refractivity contribution in [2.75, 3.05) is 0 Å². The van der Waals surface area contributed by atoms with E-state index in [0.717, 1.165) is 56.1 Å². The molecule has 0 heterocycles. The summed E-state index contributed by atoms with van der Waals surface area (Å²) < 4.78 is 0. The molecule has 2 aliphatic rings. The van der Waals surface area contributed by atoms with Gasteiger partial charge in [-0.25, -0.2) is 0 Å². The molecule has 25 heavy (non-hydrogen) atoms. The number of aliphatic hydroxyl groups is 2. The molecule has 2 aliphatic carbocycles. The maximum absolute atomic E-state index is 11.0. The third kappa shape index (κ3) is 4.54. The Morgan fingerprint density at radius 3 is 1.56 bits per heavy atom. The van der Waals surface area contributed by atoms with Gasteiger partial charge in [-0.3, -0.25) is 0 Å². The Balaban J connectivity index is 2.14. The average Bonchev–Trinajstić information content (AvgIpc) is 2.58. The predicted octanol–water partition coefficient (Wildman–Crippen LogP) is 5.48. The van der Waals surface area contributed by atoms with Gasteiger partial charge in [0.2, 0.25) is 0 Å². The van der Waals surface area contributed by atoms with E-state index < -0.39 is 12.2 Å². The molecule has 0 aromatic carbocycles. The molecule has 0 saturated heterocycles. The number of allylic oxidation sites excluding steroid dienone is 4. The number of hydrogen-bond donors (Lipinski definition) is 2. The predicted molar refractivity (Wildman–Crippen MR) is 106 cm³/mol. The van der Waals surface area contributed by atoms with E-state index in [0.29, 0.717) is 0 Å². The van der Waals surface area contributed by atoms with E-state index in [1.807, 2.05) is 0 Å². The summed E-state index contributed by atoms with van der Waals surface area (Å²) in [7, 11) is 0. The van der Waals surface area contributed by atoms with Crippen LogP contribution in [0.1, 0.15) is 72.6 Å². The summed E-state index contributed by atoms with van der Waals surface area (Å²) in [6.07, 6.45) is 18.8. The largest absolute Gasteiger partial charge is 0.388 e. The Labute approximate surface area is 154 Å². The Morgan fingerprint density at radius 1 is 0.800 bits per heavy atom. The molecule has 0 saturated carbocycles. The smallest absolute Gasteiger partial charge is 0.0841 e. The molecule has 0 fully saturated rings. The minimum Gasteiger partial charge on any atom is -0.388 e. The molecule has 2 N–H and O–H groups in total. The highest BCUT2D eigenvalue weighted by molar-refractivity contribution is 5.32. The summed E-state index contributed by atoms with van der Waals surface area (Å²) in [5.41, 5.74) is 1.58. The summed E-state index contributed by atoms with van der Waals surface area (Å²) >= 11 is 0. The summed E-state index contributed by atoms with van der Waals surface area (Å²) in [5.74, 6) is 0. The zero-order valence-corrected chi connectivity index (χ0v) is 16.5. The molecule has 0 aromatic heterocycles. The Morgan fingerprint density at radius 2 is 1.20 bits per heavy atom. The molecule has 4 unspecified atom stereocenters. The Hall–Kier alpha value is -1.12. The maximum atomic E-state index is 11.0. The SMILES string of the molecule is CCCCC1=CC=CC(C)(CC2(C)C=CC=C(CCCC)C2O)C1O. The van der Waals surface area contributed by atoms with E-state index in [1.54, 1.807) is 0 Å². The van der Waals surface area contributed by atoms with Crippen molar-refractivity contribution in [2.24, 2.45) is 10.8 Å². The highest BCUT2D eigenvalue weighted by Crippen LogP contribution is 2.47. The van der Waals surface area contributed by atoms with Crippen molar-refractivity contribution >= 4 is 0 Å². The van der Waals surface area contributed by atoms with Crippen molar-refractivity contribution in [3.8, 4) is 0 Å². The van der Waals surface area contributed by atoms with Crippen molar-refractivity contribution in [2.45, 2.75) is 84.8 Å². The molecule has 0 amide bonds. The van der Waals surface area contributed by atoms with Crippen molar-refractivity contribution < 1.29 is 10.2 Å². The fraction of sp³-hybridized carbons (Fsp3) is 0.652. The van der Waals surface area contributed by atoms with E-state index in [4.69, 9.17) is 0 Å². The van der Waals surface area contributed by atoms with Gasteiger partial charge in [0.1, 0.15) is 0 Å². The van der Waals surface area contributed by atoms with Gasteiger partial charge in [-0.1, -0.05) is 77.0 Å². The minimum atomic E-state index is -0.466. The molecule has 0 aromatic rings. The first kappa shape index (κ1) is 20.2. The van der Waals surface area contributed by atoms with Crippen LogP contribution in [-0.2, 0) is 0 Å². The summed E-state index contributed by atoms with van der Waals surface area (Å²) in [6.45, 7) is 8.62. The summed E-state index contributed by atoms with van der Waals surface area (Å²) in [6, 6.07) is 0. The molecule has 4 atom stereocenters. The fourth-order valence-corrected chi connectivity index (χ4v) is 4.33. The molecule has 2 rings (SSSR count). The van der Waals surface area contributed by atoms with Crippen LogP contribution in [0.25, 0.3) is 0 Å². The van der Waals surface area contributed by atoms with E-state index in [9.17, 15) is 10.2 Å². The third-order valence-electron chi connectivity index (χ3n) is 5.93. The molecule has 0 bridgehead atoms. The lowest BCUT2D eigenvalue weighted by atomic mass is 9.62. The first-order valence-corrected chi connectivity index (χ1v) is 9.99. The van der Waals surface area contributed by atoms with Gasteiger partial charge in [-0.15, -0.1) is 0 Å². The van der Waals surface area contributed by atoms with Gasteiger partial charge in [0.25, 0.3) is 0 Å². The van der Waals surface area contributed by atoms with Gasteiger partial charge in [0, 0.05) is 10.8 Å². The molecule has 2 nitrogen and oxygen atoms in total. The van der Waals surface area contributed by atoms with Gasteiger partial charge in [-0.05, 0) is 43.3 Å². The second-order valence-electron chi connectivity index (χ2n) is 8.40. The van der Waals surface area contributed by atoms with Crippen LogP contribution >= 0.6 is 0 Å². The number of rotatable bonds is 8. The second kappa shape index (κ2) is 8.51. The molecular weight excluding hydrogens is 308 g/mol. The molecular formula is C23H36O2. The van der Waals surface area contributed by atoms with Crippen LogP contribution in [0.2, 0.25) is 0 Å². The first-order valence-electron chi connectivity index (χ1n) is 9.99. The van der Waals surface area contributed by atoms with Crippen LogP contribution in [0.3, 0.4) is 0 Å². The maximum Gasteiger partial charge on any atom is 0.0841 e. The van der Waals surface area contributed by atoms with E-state index in [-0.39, 0.29) is 10.8 Å². The van der Waals surface area contributed by atoms with Crippen LogP contribution in [0.4, 0.5) is 0 Å². The Kier molecular flexibility index (Phi) is 6.87. The van der Waals surface area contributed by atoms with Crippen LogP contribution in [-0.4, -0.2) is 22.4 Å². The lowest BCUT2D eigenvalue weighted by Gasteiger charge is -2.45. The number of aliphatic hydroxyl groups excluding tert-OH is 2. The molecule has 0 aliphatic heterocycles. The van der Waals surface area contributed by atoms with Gasteiger partial charge in [0.15, 0.2) is 0 Å². The summed E-state index contributed by atoms with van der Waals surface area (Å²) in [4.78, 5) is 0. The third-order valence-corrected chi connectivity index (χ3v) is 5.93. The van der Waals surface area contributed by atoms with E-state index in [1.165, 1.54) is 0 Å². The standard InChI is InChI=1S/C23H36O2/c1-5-7-11-18-13-9-15-22(3,20(18)24)17-23(4)16-10-14-19(21(23)25)12-8-6-2/h9-10,13-16,20-21,24-25H,5-8,11-12,17H2,1-4H3. The van der Waals surface area contributed by atoms with Gasteiger partial charge in [-0.2, -0.15) is 0 Å². The lowest BCUT2D eigenvalue weighted by Crippen LogP contribution is -2.43. The molecule has 2 heteroatoms. The highest BCUT2D eigenvalue weighted by atomic mass is 16.3. The number of hydrogen-bond acceptors (Lipinski definition) is 2. The molecule has 140 valence electrons. The zero-order chi connectivity index (χ0) is 18.5. The first-order chi connectivity index (χ1) is 11.9. The van der Waals surface area contributed by atoms with Crippen LogP contribution < -0.4 is 0 Å². The van der Waals surface area contributed by atoms with E-state index in [2.05, 4.69) is 64.2 Å². The van der Waals surface area contributed by atoms with Crippen molar-refractivity contribution in [3.63, 3.8) is 0 Å². The van der Waals surface area contributed by atoms with Crippen LogP contribution in [0, 0.1) is 10.8 Å². The fourth-order valence-electron chi connectivity index (χ4n) is 4.33. The highest BCUT2D eigenvalue weighted by Gasteiger charge is 2.44. The lowest BCUT2D eigenvalue weighted by molar-refractivity contribution is 0.0208. The minimum absolute atomic E-state index is 0.342. The Bertz CT molecular complexity index is 519. The van der Waals surface area contributed by atoms with Crippen LogP contribution in [0.5, 0.6) is 0 Å². The zero-order valence-electron chi connectivity index (χ0n) is 16.5. The molecule has 0 radical (unpaired) electrons. The van der Waals surface area contributed by atoms with Gasteiger partial charge in [0.05, 0.1) is 12.2 Å². The van der Waals surface area contributed by atoms with Gasteiger partial charge < -0.3 is 10.2 Å². The topological polar surface area (TPSA) is 40.5 Å². The molecule has 0 spiro atoms. The second-order valence-corrected chi connectivity index (χ2v) is 8.40. The van der Waals surface area contributed by atoms with Crippen molar-refractivity contribution in [3.05, 3.63) is 47.6 Å². The van der Waals surface area contributed by atoms with Crippen molar-refractivity contribution in [1.82, 2.24) is 0 Å². The van der Waals surface area contributed by atoms with E-state index >= 15 is 0 Å². The van der Waals surface area contributed by atoms with Crippen molar-refractivity contribution in [1.29, 1.82) is 0 Å². The average molecular weight is 345 g/mol. The normalized spacial score (nSPS) is 34.8.